The van der Waals surface area contributed by atoms with Crippen LogP contribution < -0.4 is 11.1 Å². The van der Waals surface area contributed by atoms with Gasteiger partial charge in [-0.25, -0.2) is 4.98 Å². The molecule has 0 unspecified atom stereocenters. The molecule has 0 aliphatic heterocycles. The number of nitrogen functional groups attached to an aromatic ring is 1. The van der Waals surface area contributed by atoms with Crippen LogP contribution in [0.5, 0.6) is 0 Å². The Morgan fingerprint density at radius 3 is 3.06 bits per heavy atom. The van der Waals surface area contributed by atoms with Crippen molar-refractivity contribution in [3.63, 3.8) is 0 Å². The smallest absolute Gasteiger partial charge is 0.271 e. The normalized spacial score (nSPS) is 10.5. The highest BCUT2D eigenvalue weighted by Crippen LogP contribution is 2.08. The van der Waals surface area contributed by atoms with Gasteiger partial charge in [0, 0.05) is 32.4 Å². The minimum absolute atomic E-state index is 0.202. The van der Waals surface area contributed by atoms with E-state index in [-0.39, 0.29) is 5.91 Å². The molecule has 0 aliphatic carbocycles. The molecule has 4 N–H and O–H groups in total. The van der Waals surface area contributed by atoms with Crippen molar-refractivity contribution in [3.05, 3.63) is 30.1 Å². The van der Waals surface area contributed by atoms with Gasteiger partial charge in [-0.1, -0.05) is 0 Å². The van der Waals surface area contributed by atoms with Crippen molar-refractivity contribution < 1.29 is 4.79 Å². The number of hydrogen-bond acceptors (Lipinski definition) is 4. The van der Waals surface area contributed by atoms with Gasteiger partial charge in [-0.05, 0) is 6.42 Å². The van der Waals surface area contributed by atoms with E-state index in [2.05, 4.69) is 20.4 Å². The fourth-order valence-corrected chi connectivity index (χ4v) is 1.71. The number of nitrogens with zero attached hydrogens (tertiary/aromatic N) is 3. The van der Waals surface area contributed by atoms with Crippen LogP contribution in [-0.4, -0.2) is 32.2 Å². The van der Waals surface area contributed by atoms with Gasteiger partial charge in [-0.2, -0.15) is 5.10 Å². The number of nitrogens with one attached hydrogen (secondary N) is 2. The topological polar surface area (TPSA) is 102 Å². The molecule has 0 aliphatic rings. The highest BCUT2D eigenvalue weighted by molar-refractivity contribution is 5.97. The number of rotatable bonds is 5. The molecule has 7 heteroatoms. The van der Waals surface area contributed by atoms with Gasteiger partial charge in [0.1, 0.15) is 11.5 Å². The van der Waals surface area contributed by atoms with Gasteiger partial charge in [0.25, 0.3) is 5.91 Å². The largest absolute Gasteiger partial charge is 0.396 e. The summed E-state index contributed by atoms with van der Waals surface area (Å²) in [4.78, 5) is 19.0. The molecule has 18 heavy (non-hydrogen) atoms. The van der Waals surface area contributed by atoms with Crippen LogP contribution in [0, 0.1) is 0 Å². The predicted molar refractivity (Wildman–Crippen MR) is 66.9 cm³/mol. The molecule has 0 saturated carbocycles. The van der Waals surface area contributed by atoms with Crippen molar-refractivity contribution in [2.24, 2.45) is 7.05 Å². The van der Waals surface area contributed by atoms with E-state index >= 15 is 0 Å². The monoisotopic (exact) mass is 248 g/mol. The first-order valence-electron chi connectivity index (χ1n) is 5.72. The average molecular weight is 248 g/mol. The van der Waals surface area contributed by atoms with Crippen molar-refractivity contribution >= 4 is 11.6 Å². The third-order valence-corrected chi connectivity index (χ3v) is 2.61. The third kappa shape index (κ3) is 2.68. The van der Waals surface area contributed by atoms with E-state index in [1.807, 2.05) is 0 Å². The fraction of sp³-hybridized carbons (Fsp3) is 0.364. The molecule has 0 spiro atoms. The Bertz CT molecular complexity index is 496. The standard InChI is InChI=1S/C11H16N6O/c1-17-10(8(12)7-16-17)11(18)15-4-2-3-9-13-5-6-14-9/h5-7H,2-4,12H2,1H3,(H,13,14)(H,15,18). The highest BCUT2D eigenvalue weighted by atomic mass is 16.2. The summed E-state index contributed by atoms with van der Waals surface area (Å²) in [5, 5.41) is 6.73. The molecule has 0 radical (unpaired) electrons. The van der Waals surface area contributed by atoms with E-state index in [0.717, 1.165) is 18.7 Å². The van der Waals surface area contributed by atoms with E-state index in [9.17, 15) is 4.79 Å². The molecule has 2 heterocycles. The van der Waals surface area contributed by atoms with Gasteiger partial charge in [0.2, 0.25) is 0 Å². The lowest BCUT2D eigenvalue weighted by Crippen LogP contribution is -2.27. The Balaban J connectivity index is 1.79. The van der Waals surface area contributed by atoms with Crippen LogP contribution in [-0.2, 0) is 13.5 Å². The summed E-state index contributed by atoms with van der Waals surface area (Å²) in [6.07, 6.45) is 6.58. The Hall–Kier alpha value is -2.31. The fourth-order valence-electron chi connectivity index (χ4n) is 1.71. The second-order valence-corrected chi connectivity index (χ2v) is 3.97. The number of imidazole rings is 1. The van der Waals surface area contributed by atoms with Crippen molar-refractivity contribution in [2.75, 3.05) is 12.3 Å². The summed E-state index contributed by atoms with van der Waals surface area (Å²) in [5.41, 5.74) is 6.45. The van der Waals surface area contributed by atoms with Crippen molar-refractivity contribution in [3.8, 4) is 0 Å². The molecule has 0 aromatic carbocycles. The lowest BCUT2D eigenvalue weighted by Gasteiger charge is -2.05. The number of hydrogen-bond donors (Lipinski definition) is 3. The van der Waals surface area contributed by atoms with E-state index < -0.39 is 0 Å². The summed E-state index contributed by atoms with van der Waals surface area (Å²) in [5.74, 6) is 0.719. The second kappa shape index (κ2) is 5.35. The number of aryl methyl sites for hydroxylation is 2. The van der Waals surface area contributed by atoms with Crippen molar-refractivity contribution in [2.45, 2.75) is 12.8 Å². The van der Waals surface area contributed by atoms with Crippen LogP contribution in [0.4, 0.5) is 5.69 Å². The summed E-state index contributed by atoms with van der Waals surface area (Å²) < 4.78 is 1.47. The Morgan fingerprint density at radius 2 is 2.44 bits per heavy atom. The first-order chi connectivity index (χ1) is 8.68. The first kappa shape index (κ1) is 12.2. The first-order valence-corrected chi connectivity index (χ1v) is 5.72. The maximum atomic E-state index is 11.8. The third-order valence-electron chi connectivity index (χ3n) is 2.61. The number of carbonyl (C=O) groups is 1. The number of H-pyrrole nitrogens is 1. The lowest BCUT2D eigenvalue weighted by atomic mass is 10.3. The van der Waals surface area contributed by atoms with Gasteiger partial charge in [-0.3, -0.25) is 9.48 Å². The van der Waals surface area contributed by atoms with Crippen LogP contribution in [0.25, 0.3) is 0 Å². The minimum Gasteiger partial charge on any atom is -0.396 e. The lowest BCUT2D eigenvalue weighted by molar-refractivity contribution is 0.0944. The summed E-state index contributed by atoms with van der Waals surface area (Å²) in [6.45, 7) is 0.574. The molecular formula is C11H16N6O. The number of aromatic amines is 1. The van der Waals surface area contributed by atoms with E-state index in [1.54, 1.807) is 19.4 Å². The van der Waals surface area contributed by atoms with E-state index in [4.69, 9.17) is 5.73 Å². The van der Waals surface area contributed by atoms with Crippen LogP contribution in [0.2, 0.25) is 0 Å². The van der Waals surface area contributed by atoms with Crippen LogP contribution in [0.3, 0.4) is 0 Å². The predicted octanol–water partition coefficient (Wildman–Crippen LogP) is 0.0880. The van der Waals surface area contributed by atoms with Gasteiger partial charge in [0.05, 0.1) is 11.9 Å². The Morgan fingerprint density at radius 1 is 1.61 bits per heavy atom. The number of anilines is 1. The second-order valence-electron chi connectivity index (χ2n) is 3.97. The van der Waals surface area contributed by atoms with Gasteiger partial charge < -0.3 is 16.0 Å². The highest BCUT2D eigenvalue weighted by Gasteiger charge is 2.13. The number of nitrogens with two attached hydrogens (primary N) is 1. The minimum atomic E-state index is -0.202. The molecule has 2 rings (SSSR count). The summed E-state index contributed by atoms with van der Waals surface area (Å²) in [7, 11) is 1.69. The number of amides is 1. The maximum Gasteiger partial charge on any atom is 0.271 e. The number of aromatic nitrogens is 4. The van der Waals surface area contributed by atoms with Gasteiger partial charge >= 0.3 is 0 Å². The zero-order valence-corrected chi connectivity index (χ0v) is 10.2. The van der Waals surface area contributed by atoms with Crippen molar-refractivity contribution in [1.29, 1.82) is 0 Å². The summed E-state index contributed by atoms with van der Waals surface area (Å²) >= 11 is 0. The number of carbonyl (C=O) groups excluding carboxylic acids is 1. The van der Waals surface area contributed by atoms with E-state index in [1.165, 1.54) is 10.9 Å². The van der Waals surface area contributed by atoms with Gasteiger partial charge in [-0.15, -0.1) is 0 Å². The molecular weight excluding hydrogens is 232 g/mol. The molecule has 2 aromatic rings. The zero-order valence-electron chi connectivity index (χ0n) is 10.2. The molecule has 0 fully saturated rings. The SMILES string of the molecule is Cn1ncc(N)c1C(=O)NCCCc1ncc[nH]1. The maximum absolute atomic E-state index is 11.8. The molecule has 0 saturated heterocycles. The van der Waals surface area contributed by atoms with E-state index in [0.29, 0.717) is 17.9 Å². The molecule has 0 atom stereocenters. The molecule has 96 valence electrons. The Kier molecular flexibility index (Phi) is 3.61. The molecule has 0 bridgehead atoms. The zero-order chi connectivity index (χ0) is 13.0. The van der Waals surface area contributed by atoms with Crippen LogP contribution in [0.15, 0.2) is 18.6 Å². The summed E-state index contributed by atoms with van der Waals surface area (Å²) in [6, 6.07) is 0. The quantitative estimate of drug-likeness (QED) is 0.652. The van der Waals surface area contributed by atoms with Crippen LogP contribution in [0.1, 0.15) is 22.7 Å². The van der Waals surface area contributed by atoms with Gasteiger partial charge in [0.15, 0.2) is 0 Å². The molecule has 2 aromatic heterocycles. The molecule has 1 amide bonds. The molecule has 7 nitrogen and oxygen atoms in total. The Labute approximate surface area is 104 Å². The average Bonchev–Trinajstić information content (AvgIpc) is 2.95. The van der Waals surface area contributed by atoms with Crippen molar-refractivity contribution in [1.82, 2.24) is 25.1 Å². The van der Waals surface area contributed by atoms with Crippen LogP contribution >= 0.6 is 0 Å².